The van der Waals surface area contributed by atoms with Gasteiger partial charge in [0.05, 0.1) is 5.69 Å². The van der Waals surface area contributed by atoms with Gasteiger partial charge in [0.2, 0.25) is 11.8 Å². The maximum atomic E-state index is 14.9. The number of hydrogen-bond acceptors (Lipinski definition) is 7. The van der Waals surface area contributed by atoms with Crippen LogP contribution in [0.4, 0.5) is 14.9 Å². The molecular weight excluding hydrogens is 417 g/mol. The van der Waals surface area contributed by atoms with Crippen molar-refractivity contribution in [3.8, 4) is 0 Å². The van der Waals surface area contributed by atoms with Crippen molar-refractivity contribution < 1.29 is 23.6 Å². The van der Waals surface area contributed by atoms with Crippen molar-refractivity contribution in [2.45, 2.75) is 31.6 Å². The number of rotatable bonds is 5. The summed E-state index contributed by atoms with van der Waals surface area (Å²) in [6.07, 6.45) is 1.54. The van der Waals surface area contributed by atoms with Gasteiger partial charge in [-0.05, 0) is 36.5 Å². The molecule has 1 aromatic carbocycles. The normalized spacial score (nSPS) is 22.1. The number of nitrogens with two attached hydrogens (primary N) is 1. The minimum absolute atomic E-state index is 0.205. The van der Waals surface area contributed by atoms with E-state index >= 15 is 0 Å². The molecule has 3 amide bonds. The maximum absolute atomic E-state index is 14.9. The van der Waals surface area contributed by atoms with E-state index in [0.29, 0.717) is 30.3 Å². The van der Waals surface area contributed by atoms with Gasteiger partial charge < -0.3 is 15.5 Å². The van der Waals surface area contributed by atoms with Crippen molar-refractivity contribution in [1.29, 1.82) is 0 Å². The molecule has 3 heterocycles. The number of benzene rings is 1. The molecule has 32 heavy (non-hydrogen) atoms. The van der Waals surface area contributed by atoms with E-state index in [2.05, 4.69) is 15.1 Å². The van der Waals surface area contributed by atoms with Crippen LogP contribution in [0, 0.1) is 11.7 Å². The van der Waals surface area contributed by atoms with Crippen LogP contribution in [-0.4, -0.2) is 73.7 Å². The highest BCUT2D eigenvalue weighted by molar-refractivity contribution is 5.98. The average molecular weight is 448 g/mol. The van der Waals surface area contributed by atoms with E-state index in [0.717, 1.165) is 45.6 Å². The molecule has 0 radical (unpaired) electrons. The summed E-state index contributed by atoms with van der Waals surface area (Å²) in [6, 6.07) is 5.08. The monoisotopic (exact) mass is 447 g/mol. The number of nitrogens with zero attached hydrogens (tertiary/aromatic N) is 3. The second-order valence-electron chi connectivity index (χ2n) is 8.86. The summed E-state index contributed by atoms with van der Waals surface area (Å²) in [5, 5.41) is 3.91. The van der Waals surface area contributed by atoms with Crippen LogP contribution in [0.15, 0.2) is 18.2 Å². The van der Waals surface area contributed by atoms with Crippen molar-refractivity contribution in [3.63, 3.8) is 0 Å². The molecule has 4 rings (SSSR count). The third-order valence-corrected chi connectivity index (χ3v) is 6.61. The molecule has 3 saturated heterocycles. The average Bonchev–Trinajstić information content (AvgIpc) is 2.75. The quantitative estimate of drug-likeness (QED) is 0.653. The lowest BCUT2D eigenvalue weighted by atomic mass is 9.89. The van der Waals surface area contributed by atoms with Crippen molar-refractivity contribution >= 4 is 23.6 Å². The molecule has 0 spiro atoms. The molecule has 1 aromatic rings. The smallest absolute Gasteiger partial charge is 0.367 e. The first kappa shape index (κ1) is 22.5. The zero-order chi connectivity index (χ0) is 22.7. The minimum Gasteiger partial charge on any atom is -0.367 e. The first-order valence-corrected chi connectivity index (χ1v) is 11.2. The fraction of sp³-hybridized carbons (Fsp3) is 0.591. The lowest BCUT2D eigenvalue weighted by Crippen LogP contribution is -2.49. The van der Waals surface area contributed by atoms with Crippen LogP contribution in [0.1, 0.15) is 37.2 Å². The molecule has 0 unspecified atom stereocenters. The number of piperazine rings is 1. The molecule has 0 bridgehead atoms. The van der Waals surface area contributed by atoms with Gasteiger partial charge in [-0.2, -0.15) is 0 Å². The van der Waals surface area contributed by atoms with E-state index in [1.807, 2.05) is 6.07 Å². The zero-order valence-electron chi connectivity index (χ0n) is 18.1. The Balaban J connectivity index is 1.27. The number of amides is 3. The fourth-order valence-electron chi connectivity index (χ4n) is 4.89. The SMILES string of the molecule is NC(=O)ON1CCC(CN2CCN(c3ccc(C4CC(=O)NC(=O)C4)cc3F)CC2)CC1. The van der Waals surface area contributed by atoms with E-state index in [9.17, 15) is 18.8 Å². The lowest BCUT2D eigenvalue weighted by Gasteiger charge is -2.39. The van der Waals surface area contributed by atoms with E-state index in [1.54, 1.807) is 11.1 Å². The van der Waals surface area contributed by atoms with Crippen molar-refractivity contribution in [1.82, 2.24) is 15.3 Å². The number of carbonyl (C=O) groups is 3. The number of hydroxylamine groups is 2. The van der Waals surface area contributed by atoms with Gasteiger partial charge in [-0.25, -0.2) is 9.18 Å². The molecule has 3 aliphatic heterocycles. The summed E-state index contributed by atoms with van der Waals surface area (Å²) >= 11 is 0. The standard InChI is InChI=1S/C22H30FN5O4/c23-18-11-16(17-12-20(29)25-21(30)13-17)1-2-19(18)27-9-7-26(8-10-27)14-15-3-5-28(6-4-15)32-22(24)31/h1-2,11,15,17H,3-10,12-14H2,(H2,24,31)(H,25,29,30). The summed E-state index contributed by atoms with van der Waals surface area (Å²) in [7, 11) is 0. The van der Waals surface area contributed by atoms with E-state index in [-0.39, 0.29) is 36.4 Å². The first-order valence-electron chi connectivity index (χ1n) is 11.2. The molecule has 0 saturated carbocycles. The lowest BCUT2D eigenvalue weighted by molar-refractivity contribution is -0.133. The maximum Gasteiger partial charge on any atom is 0.423 e. The number of carbonyl (C=O) groups excluding carboxylic acids is 3. The Morgan fingerprint density at radius 3 is 2.31 bits per heavy atom. The highest BCUT2D eigenvalue weighted by Crippen LogP contribution is 2.30. The Morgan fingerprint density at radius 1 is 1.06 bits per heavy atom. The van der Waals surface area contributed by atoms with Crippen LogP contribution in [-0.2, 0) is 14.4 Å². The number of piperidine rings is 2. The predicted octanol–water partition coefficient (Wildman–Crippen LogP) is 1.19. The summed E-state index contributed by atoms with van der Waals surface area (Å²) in [4.78, 5) is 43.5. The topological polar surface area (TPSA) is 108 Å². The van der Waals surface area contributed by atoms with E-state index in [1.165, 1.54) is 6.07 Å². The number of halogens is 1. The van der Waals surface area contributed by atoms with Gasteiger partial charge in [0.15, 0.2) is 0 Å². The van der Waals surface area contributed by atoms with Gasteiger partial charge in [0.25, 0.3) is 0 Å². The molecule has 0 atom stereocenters. The molecule has 0 aliphatic carbocycles. The van der Waals surface area contributed by atoms with E-state index < -0.39 is 6.09 Å². The van der Waals surface area contributed by atoms with Gasteiger partial charge in [0, 0.05) is 64.6 Å². The van der Waals surface area contributed by atoms with Crippen LogP contribution >= 0.6 is 0 Å². The van der Waals surface area contributed by atoms with Gasteiger partial charge >= 0.3 is 6.09 Å². The number of imide groups is 1. The second-order valence-corrected chi connectivity index (χ2v) is 8.86. The van der Waals surface area contributed by atoms with Crippen molar-refractivity contribution in [2.75, 3.05) is 50.7 Å². The zero-order valence-corrected chi connectivity index (χ0v) is 18.1. The minimum atomic E-state index is -0.766. The third kappa shape index (κ3) is 5.55. The number of anilines is 1. The Morgan fingerprint density at radius 2 is 1.72 bits per heavy atom. The Hall–Kier alpha value is -2.72. The van der Waals surface area contributed by atoms with Crippen molar-refractivity contribution in [3.05, 3.63) is 29.6 Å². The molecule has 3 aliphatic rings. The molecule has 3 fully saturated rings. The Kier molecular flexibility index (Phi) is 6.90. The van der Waals surface area contributed by atoms with Crippen LogP contribution in [0.2, 0.25) is 0 Å². The fourth-order valence-corrected chi connectivity index (χ4v) is 4.89. The summed E-state index contributed by atoms with van der Waals surface area (Å²) < 4.78 is 14.9. The van der Waals surface area contributed by atoms with E-state index in [4.69, 9.17) is 10.6 Å². The first-order chi connectivity index (χ1) is 15.4. The third-order valence-electron chi connectivity index (χ3n) is 6.61. The molecule has 10 heteroatoms. The van der Waals surface area contributed by atoms with Gasteiger partial charge in [0.1, 0.15) is 5.82 Å². The summed E-state index contributed by atoms with van der Waals surface area (Å²) in [5.74, 6) is -0.649. The van der Waals surface area contributed by atoms with Gasteiger partial charge in [-0.1, -0.05) is 6.07 Å². The number of hydrogen-bond donors (Lipinski definition) is 2. The largest absolute Gasteiger partial charge is 0.423 e. The van der Waals surface area contributed by atoms with Gasteiger partial charge in [-0.15, -0.1) is 5.06 Å². The van der Waals surface area contributed by atoms with Crippen LogP contribution in [0.5, 0.6) is 0 Å². The molecule has 0 aromatic heterocycles. The second kappa shape index (κ2) is 9.83. The van der Waals surface area contributed by atoms with Crippen LogP contribution in [0.25, 0.3) is 0 Å². The molecule has 9 nitrogen and oxygen atoms in total. The number of nitrogens with one attached hydrogen (secondary N) is 1. The van der Waals surface area contributed by atoms with Crippen LogP contribution < -0.4 is 16.0 Å². The highest BCUT2D eigenvalue weighted by atomic mass is 19.1. The molecule has 3 N–H and O–H groups in total. The summed E-state index contributed by atoms with van der Waals surface area (Å²) in [5.41, 5.74) is 6.32. The van der Waals surface area contributed by atoms with Crippen molar-refractivity contribution in [2.24, 2.45) is 11.7 Å². The Bertz CT molecular complexity index is 850. The van der Waals surface area contributed by atoms with Gasteiger partial charge in [-0.3, -0.25) is 19.8 Å². The molecular formula is C22H30FN5O4. The number of primary amides is 1. The predicted molar refractivity (Wildman–Crippen MR) is 115 cm³/mol. The highest BCUT2D eigenvalue weighted by Gasteiger charge is 2.28. The summed E-state index contributed by atoms with van der Waals surface area (Å²) in [6.45, 7) is 5.57. The Labute approximate surface area is 186 Å². The van der Waals surface area contributed by atoms with Crippen LogP contribution in [0.3, 0.4) is 0 Å². The molecule has 174 valence electrons.